The zero-order chi connectivity index (χ0) is 15.6. The first-order valence-corrected chi connectivity index (χ1v) is 6.79. The molecule has 0 aliphatic heterocycles. The van der Waals surface area contributed by atoms with Crippen LogP contribution in [-0.4, -0.2) is 23.0 Å². The molecule has 0 fully saturated rings. The Morgan fingerprint density at radius 1 is 1.43 bits per heavy atom. The summed E-state index contributed by atoms with van der Waals surface area (Å²) in [7, 11) is 1.19. The molecule has 2 rings (SSSR count). The number of methoxy groups -OCH3 is 1. The molecule has 8 heteroatoms. The molecule has 0 spiro atoms. The molecule has 0 aliphatic carbocycles. The number of aromatic nitrogens is 1. The van der Waals surface area contributed by atoms with Crippen LogP contribution in [0.4, 0.5) is 5.69 Å². The van der Waals surface area contributed by atoms with Crippen molar-refractivity contribution >= 4 is 39.2 Å². The topological polar surface area (TPSA) is 82.3 Å². The Kier molecular flexibility index (Phi) is 4.54. The standard InChI is InChI=1S/C13H8BrClN2O4/c1-21-13(18)7-4-11(17(19)20)12(16-6-7)9-3-2-8(14)5-10(9)15/h2-6H,1H3. The smallest absolute Gasteiger partial charge is 0.339 e. The van der Waals surface area contributed by atoms with E-state index >= 15 is 0 Å². The molecule has 1 heterocycles. The van der Waals surface area contributed by atoms with Gasteiger partial charge in [0.1, 0.15) is 5.69 Å². The fourth-order valence-corrected chi connectivity index (χ4v) is 2.47. The van der Waals surface area contributed by atoms with Crippen LogP contribution in [0.1, 0.15) is 10.4 Å². The van der Waals surface area contributed by atoms with E-state index in [2.05, 4.69) is 25.7 Å². The SMILES string of the molecule is COC(=O)c1cnc(-c2ccc(Br)cc2Cl)c([N+](=O)[O-])c1. The Morgan fingerprint density at radius 3 is 2.71 bits per heavy atom. The van der Waals surface area contributed by atoms with Crippen molar-refractivity contribution in [1.82, 2.24) is 4.98 Å². The summed E-state index contributed by atoms with van der Waals surface area (Å²) in [6.07, 6.45) is 1.21. The number of hydrogen-bond donors (Lipinski definition) is 0. The summed E-state index contributed by atoms with van der Waals surface area (Å²) >= 11 is 9.34. The predicted molar refractivity (Wildman–Crippen MR) is 80.4 cm³/mol. The fraction of sp³-hybridized carbons (Fsp3) is 0.0769. The molecular weight excluding hydrogens is 364 g/mol. The van der Waals surface area contributed by atoms with Gasteiger partial charge in [-0.25, -0.2) is 9.78 Å². The molecule has 21 heavy (non-hydrogen) atoms. The lowest BCUT2D eigenvalue weighted by atomic mass is 10.1. The van der Waals surface area contributed by atoms with E-state index in [-0.39, 0.29) is 16.9 Å². The summed E-state index contributed by atoms with van der Waals surface area (Å²) in [5, 5.41) is 11.5. The van der Waals surface area contributed by atoms with E-state index in [1.807, 2.05) is 0 Å². The lowest BCUT2D eigenvalue weighted by Crippen LogP contribution is -2.04. The Bertz CT molecular complexity index is 736. The average Bonchev–Trinajstić information content (AvgIpc) is 2.46. The lowest BCUT2D eigenvalue weighted by Gasteiger charge is -2.06. The minimum Gasteiger partial charge on any atom is -0.465 e. The molecule has 108 valence electrons. The molecule has 0 N–H and O–H groups in total. The predicted octanol–water partition coefficient (Wildman–Crippen LogP) is 3.86. The van der Waals surface area contributed by atoms with E-state index in [0.717, 1.165) is 10.5 Å². The van der Waals surface area contributed by atoms with E-state index in [0.29, 0.717) is 10.6 Å². The number of carbonyl (C=O) groups is 1. The number of carbonyl (C=O) groups excluding carboxylic acids is 1. The van der Waals surface area contributed by atoms with Gasteiger partial charge in [0.05, 0.1) is 22.6 Å². The molecule has 0 bridgehead atoms. The van der Waals surface area contributed by atoms with Crippen molar-refractivity contribution in [3.8, 4) is 11.3 Å². The van der Waals surface area contributed by atoms with Gasteiger partial charge in [0.2, 0.25) is 0 Å². The highest BCUT2D eigenvalue weighted by molar-refractivity contribution is 9.10. The van der Waals surface area contributed by atoms with Gasteiger partial charge in [0, 0.05) is 22.3 Å². The van der Waals surface area contributed by atoms with Gasteiger partial charge in [-0.15, -0.1) is 0 Å². The van der Waals surface area contributed by atoms with E-state index in [9.17, 15) is 14.9 Å². The maximum atomic E-state index is 11.4. The Labute approximate surface area is 133 Å². The summed E-state index contributed by atoms with van der Waals surface area (Å²) in [6, 6.07) is 6.03. The largest absolute Gasteiger partial charge is 0.465 e. The van der Waals surface area contributed by atoms with Crippen molar-refractivity contribution in [2.75, 3.05) is 7.11 Å². The molecule has 1 aromatic heterocycles. The minimum atomic E-state index is -0.695. The molecule has 0 aliphatic rings. The van der Waals surface area contributed by atoms with Crippen LogP contribution in [0.25, 0.3) is 11.3 Å². The number of pyridine rings is 1. The van der Waals surface area contributed by atoms with Gasteiger partial charge in [-0.3, -0.25) is 10.1 Å². The molecule has 1 aromatic carbocycles. The first-order valence-electron chi connectivity index (χ1n) is 5.62. The van der Waals surface area contributed by atoms with Crippen LogP contribution in [0.15, 0.2) is 34.9 Å². The normalized spacial score (nSPS) is 10.2. The number of esters is 1. The fourth-order valence-electron chi connectivity index (χ4n) is 1.71. The molecule has 0 radical (unpaired) electrons. The van der Waals surface area contributed by atoms with Gasteiger partial charge in [0.25, 0.3) is 5.69 Å². The maximum Gasteiger partial charge on any atom is 0.339 e. The summed E-state index contributed by atoms with van der Waals surface area (Å²) in [4.78, 5) is 26.0. The monoisotopic (exact) mass is 370 g/mol. The number of halogens is 2. The number of nitrogens with zero attached hydrogens (tertiary/aromatic N) is 2. The van der Waals surface area contributed by atoms with E-state index in [4.69, 9.17) is 11.6 Å². The van der Waals surface area contributed by atoms with Gasteiger partial charge >= 0.3 is 5.97 Å². The maximum absolute atomic E-state index is 11.4. The second kappa shape index (κ2) is 6.19. The molecule has 0 amide bonds. The zero-order valence-corrected chi connectivity index (χ0v) is 13.0. The van der Waals surface area contributed by atoms with Crippen molar-refractivity contribution in [2.45, 2.75) is 0 Å². The summed E-state index contributed by atoms with van der Waals surface area (Å²) in [6.45, 7) is 0. The summed E-state index contributed by atoms with van der Waals surface area (Å²) < 4.78 is 5.26. The van der Waals surface area contributed by atoms with E-state index in [1.54, 1.807) is 18.2 Å². The van der Waals surface area contributed by atoms with Crippen LogP contribution in [0.3, 0.4) is 0 Å². The van der Waals surface area contributed by atoms with Crippen molar-refractivity contribution in [3.05, 3.63) is 55.6 Å². The number of rotatable bonds is 3. The van der Waals surface area contributed by atoms with E-state index in [1.165, 1.54) is 13.3 Å². The second-order valence-corrected chi connectivity index (χ2v) is 5.29. The number of nitro groups is 1. The van der Waals surface area contributed by atoms with Crippen molar-refractivity contribution < 1.29 is 14.5 Å². The molecule has 0 saturated heterocycles. The van der Waals surface area contributed by atoms with Crippen LogP contribution < -0.4 is 0 Å². The molecule has 6 nitrogen and oxygen atoms in total. The molecule has 2 aromatic rings. The molecule has 0 atom stereocenters. The van der Waals surface area contributed by atoms with Gasteiger partial charge in [0.15, 0.2) is 0 Å². The summed E-state index contributed by atoms with van der Waals surface area (Å²) in [5.74, 6) is -0.695. The highest BCUT2D eigenvalue weighted by Crippen LogP contribution is 2.34. The quantitative estimate of drug-likeness (QED) is 0.465. The Hall–Kier alpha value is -1.99. The van der Waals surface area contributed by atoms with Crippen LogP contribution in [0.2, 0.25) is 5.02 Å². The second-order valence-electron chi connectivity index (χ2n) is 3.96. The number of benzene rings is 1. The highest BCUT2D eigenvalue weighted by atomic mass is 79.9. The molecule has 0 unspecified atom stereocenters. The zero-order valence-electron chi connectivity index (χ0n) is 10.7. The molecule has 0 saturated carbocycles. The van der Waals surface area contributed by atoms with Gasteiger partial charge < -0.3 is 4.74 Å². The third-order valence-corrected chi connectivity index (χ3v) is 3.48. The third-order valence-electron chi connectivity index (χ3n) is 2.67. The van der Waals surface area contributed by atoms with Crippen molar-refractivity contribution in [2.24, 2.45) is 0 Å². The summed E-state index contributed by atoms with van der Waals surface area (Å²) in [5.41, 5.74) is 0.177. The van der Waals surface area contributed by atoms with Crippen molar-refractivity contribution in [1.29, 1.82) is 0 Å². The van der Waals surface area contributed by atoms with Crippen LogP contribution in [0, 0.1) is 10.1 Å². The average molecular weight is 372 g/mol. The first-order chi connectivity index (χ1) is 9.93. The van der Waals surface area contributed by atoms with Crippen LogP contribution in [-0.2, 0) is 4.74 Å². The minimum absolute atomic E-state index is 0.00110. The Balaban J connectivity index is 2.63. The van der Waals surface area contributed by atoms with E-state index < -0.39 is 10.9 Å². The first kappa shape index (κ1) is 15.4. The number of hydrogen-bond acceptors (Lipinski definition) is 5. The van der Waals surface area contributed by atoms with Crippen molar-refractivity contribution in [3.63, 3.8) is 0 Å². The highest BCUT2D eigenvalue weighted by Gasteiger charge is 2.22. The number of ether oxygens (including phenoxy) is 1. The lowest BCUT2D eigenvalue weighted by molar-refractivity contribution is -0.384. The third kappa shape index (κ3) is 3.20. The van der Waals surface area contributed by atoms with Crippen LogP contribution in [0.5, 0.6) is 0 Å². The molecular formula is C13H8BrClN2O4. The van der Waals surface area contributed by atoms with Gasteiger partial charge in [-0.05, 0) is 18.2 Å². The van der Waals surface area contributed by atoms with Gasteiger partial charge in [-0.2, -0.15) is 0 Å². The van der Waals surface area contributed by atoms with Crippen LogP contribution >= 0.6 is 27.5 Å². The Morgan fingerprint density at radius 2 is 2.14 bits per heavy atom. The van der Waals surface area contributed by atoms with Gasteiger partial charge in [-0.1, -0.05) is 27.5 Å².